The predicted octanol–water partition coefficient (Wildman–Crippen LogP) is 6.01. The van der Waals surface area contributed by atoms with E-state index in [4.69, 9.17) is 4.74 Å². The molecule has 0 aliphatic carbocycles. The molecule has 4 aromatic rings. The Balaban J connectivity index is 1.51. The van der Waals surface area contributed by atoms with E-state index in [1.54, 1.807) is 6.92 Å². The van der Waals surface area contributed by atoms with Gasteiger partial charge >= 0.3 is 5.97 Å². The number of carboxylic acids is 1. The summed E-state index contributed by atoms with van der Waals surface area (Å²) in [6, 6.07) is 22.0. The molecule has 178 valence electrons. The van der Waals surface area contributed by atoms with Crippen molar-refractivity contribution >= 4 is 5.97 Å². The van der Waals surface area contributed by atoms with E-state index in [0.29, 0.717) is 17.9 Å². The van der Waals surface area contributed by atoms with Crippen LogP contribution < -0.4 is 4.74 Å². The highest BCUT2D eigenvalue weighted by atomic mass is 16.5. The molecular weight excluding hydrogens is 438 g/mol. The number of aromatic carboxylic acids is 1. The quantitative estimate of drug-likeness (QED) is 0.358. The summed E-state index contributed by atoms with van der Waals surface area (Å²) in [5, 5.41) is 9.72. The minimum absolute atomic E-state index is 0.107. The second-order valence-corrected chi connectivity index (χ2v) is 9.52. The zero-order valence-corrected chi connectivity index (χ0v) is 20.4. The highest BCUT2D eigenvalue weighted by Crippen LogP contribution is 2.26. The molecule has 2 heterocycles. The number of hydrogen-bond acceptors (Lipinski definition) is 5. The van der Waals surface area contributed by atoms with Crippen LogP contribution >= 0.6 is 0 Å². The highest BCUT2D eigenvalue weighted by molar-refractivity contribution is 5.88. The lowest BCUT2D eigenvalue weighted by Gasteiger charge is -2.19. The van der Waals surface area contributed by atoms with Gasteiger partial charge in [-0.05, 0) is 35.1 Å². The van der Waals surface area contributed by atoms with Crippen LogP contribution in [0.5, 0.6) is 5.75 Å². The van der Waals surface area contributed by atoms with Crippen molar-refractivity contribution in [2.75, 3.05) is 0 Å². The van der Waals surface area contributed by atoms with Crippen LogP contribution in [0.15, 0.2) is 72.9 Å². The van der Waals surface area contributed by atoms with Crippen LogP contribution in [0.25, 0.3) is 11.1 Å². The van der Waals surface area contributed by atoms with Crippen LogP contribution in [0.4, 0.5) is 0 Å². The number of carbonyl (C=O) groups is 1. The molecule has 0 unspecified atom stereocenters. The molecule has 0 bridgehead atoms. The molecule has 1 N–H and O–H groups in total. The smallest absolute Gasteiger partial charge is 0.358 e. The molecule has 0 aliphatic rings. The summed E-state index contributed by atoms with van der Waals surface area (Å²) < 4.78 is 5.79. The average Bonchev–Trinajstić information content (AvgIpc) is 2.84. The highest BCUT2D eigenvalue weighted by Gasteiger charge is 2.20. The molecule has 35 heavy (non-hydrogen) atoms. The number of aromatic nitrogens is 3. The van der Waals surface area contributed by atoms with E-state index in [1.165, 1.54) is 5.56 Å². The van der Waals surface area contributed by atoms with Crippen molar-refractivity contribution in [3.8, 4) is 16.9 Å². The number of pyridine rings is 1. The molecule has 2 aromatic carbocycles. The van der Waals surface area contributed by atoms with Crippen molar-refractivity contribution in [3.05, 3.63) is 107 Å². The molecule has 0 saturated carbocycles. The average molecular weight is 468 g/mol. The fourth-order valence-corrected chi connectivity index (χ4v) is 3.77. The van der Waals surface area contributed by atoms with Gasteiger partial charge in [0.15, 0.2) is 11.4 Å². The third-order valence-electron chi connectivity index (χ3n) is 5.76. The normalized spacial score (nSPS) is 11.3. The molecule has 2 aromatic heterocycles. The third-order valence-corrected chi connectivity index (χ3v) is 5.76. The topological polar surface area (TPSA) is 85.2 Å². The second-order valence-electron chi connectivity index (χ2n) is 9.52. The Morgan fingerprint density at radius 2 is 1.60 bits per heavy atom. The number of carboxylic acid groups (broad SMARTS) is 1. The lowest BCUT2D eigenvalue weighted by molar-refractivity contribution is 0.0683. The van der Waals surface area contributed by atoms with E-state index in [2.05, 4.69) is 60.0 Å². The first-order valence-corrected chi connectivity index (χ1v) is 11.5. The minimum atomic E-state index is -1.15. The number of aryl methyl sites for hydroxylation is 1. The summed E-state index contributed by atoms with van der Waals surface area (Å²) >= 11 is 0. The van der Waals surface area contributed by atoms with Crippen LogP contribution in [0, 0.1) is 6.92 Å². The third kappa shape index (κ3) is 5.90. The molecule has 0 amide bonds. The van der Waals surface area contributed by atoms with Gasteiger partial charge in [0.2, 0.25) is 0 Å². The number of benzene rings is 2. The van der Waals surface area contributed by atoms with E-state index in [0.717, 1.165) is 22.4 Å². The van der Waals surface area contributed by atoms with Crippen molar-refractivity contribution in [2.24, 2.45) is 0 Å². The molecule has 0 fully saturated rings. The molecular formula is C29H29N3O3. The summed E-state index contributed by atoms with van der Waals surface area (Å²) in [7, 11) is 0. The summed E-state index contributed by atoms with van der Waals surface area (Å²) in [5.41, 5.74) is 5.54. The Morgan fingerprint density at radius 1 is 0.914 bits per heavy atom. The van der Waals surface area contributed by atoms with Crippen LogP contribution in [0.1, 0.15) is 59.6 Å². The van der Waals surface area contributed by atoms with Gasteiger partial charge in [0.25, 0.3) is 0 Å². The summed E-state index contributed by atoms with van der Waals surface area (Å²) in [4.78, 5) is 25.2. The Bertz CT molecular complexity index is 1310. The Labute approximate surface area is 205 Å². The summed E-state index contributed by atoms with van der Waals surface area (Å²) in [5.74, 6) is -0.573. The van der Waals surface area contributed by atoms with Crippen molar-refractivity contribution in [1.82, 2.24) is 15.0 Å². The van der Waals surface area contributed by atoms with Crippen molar-refractivity contribution < 1.29 is 14.6 Å². The van der Waals surface area contributed by atoms with Gasteiger partial charge in [0, 0.05) is 17.5 Å². The Kier molecular flexibility index (Phi) is 6.92. The standard InChI is InChI=1S/C29H29N3O3/c1-19-27(35-18-20-8-6-5-7-9-20)26(28(33)34)32-25(31-19)16-24-15-12-22(17-30-24)21-10-13-23(14-11-21)29(2,3)4/h5-15,17H,16,18H2,1-4H3,(H,33,34). The molecule has 4 rings (SSSR count). The van der Waals surface area contributed by atoms with Crippen LogP contribution in [0.2, 0.25) is 0 Å². The van der Waals surface area contributed by atoms with Gasteiger partial charge in [-0.2, -0.15) is 0 Å². The van der Waals surface area contributed by atoms with Gasteiger partial charge in [0.1, 0.15) is 12.4 Å². The van der Waals surface area contributed by atoms with Crippen LogP contribution in [-0.4, -0.2) is 26.0 Å². The molecule has 0 radical (unpaired) electrons. The molecule has 0 aliphatic heterocycles. The molecule has 0 saturated heterocycles. The summed E-state index contributed by atoms with van der Waals surface area (Å²) in [6.07, 6.45) is 2.15. The molecule has 0 spiro atoms. The zero-order valence-electron chi connectivity index (χ0n) is 20.4. The molecule has 6 heteroatoms. The van der Waals surface area contributed by atoms with Gasteiger partial charge in [-0.25, -0.2) is 14.8 Å². The van der Waals surface area contributed by atoms with Crippen LogP contribution in [0.3, 0.4) is 0 Å². The van der Waals surface area contributed by atoms with Gasteiger partial charge in [-0.15, -0.1) is 0 Å². The fraction of sp³-hybridized carbons (Fsp3) is 0.241. The maximum Gasteiger partial charge on any atom is 0.358 e. The predicted molar refractivity (Wildman–Crippen MR) is 136 cm³/mol. The SMILES string of the molecule is Cc1nc(Cc2ccc(-c3ccc(C(C)(C)C)cc3)cn2)nc(C(=O)O)c1OCc1ccccc1. The molecule has 6 nitrogen and oxygen atoms in total. The number of rotatable bonds is 7. The van der Waals surface area contributed by atoms with Gasteiger partial charge < -0.3 is 9.84 Å². The zero-order chi connectivity index (χ0) is 25.0. The number of nitrogens with zero attached hydrogens (tertiary/aromatic N) is 3. The van der Waals surface area contributed by atoms with E-state index in [1.807, 2.05) is 48.7 Å². The van der Waals surface area contributed by atoms with E-state index < -0.39 is 5.97 Å². The minimum Gasteiger partial charge on any atom is -0.484 e. The van der Waals surface area contributed by atoms with Gasteiger partial charge in [-0.3, -0.25) is 4.98 Å². The maximum absolute atomic E-state index is 11.9. The Morgan fingerprint density at radius 3 is 2.20 bits per heavy atom. The van der Waals surface area contributed by atoms with E-state index in [9.17, 15) is 9.90 Å². The van der Waals surface area contributed by atoms with Crippen LogP contribution in [-0.2, 0) is 18.4 Å². The van der Waals surface area contributed by atoms with Gasteiger partial charge in [0.05, 0.1) is 12.1 Å². The summed E-state index contributed by atoms with van der Waals surface area (Å²) in [6.45, 7) is 8.56. The first kappa shape index (κ1) is 24.1. The van der Waals surface area contributed by atoms with Crippen molar-refractivity contribution in [3.63, 3.8) is 0 Å². The van der Waals surface area contributed by atoms with Crippen molar-refractivity contribution in [2.45, 2.75) is 46.1 Å². The first-order chi connectivity index (χ1) is 16.7. The Hall–Kier alpha value is -4.06. The fourth-order valence-electron chi connectivity index (χ4n) is 3.77. The second kappa shape index (κ2) is 10.1. The van der Waals surface area contributed by atoms with Crippen molar-refractivity contribution in [1.29, 1.82) is 0 Å². The first-order valence-electron chi connectivity index (χ1n) is 11.5. The lowest BCUT2D eigenvalue weighted by atomic mass is 9.86. The lowest BCUT2D eigenvalue weighted by Crippen LogP contribution is -2.12. The largest absolute Gasteiger partial charge is 0.484 e. The maximum atomic E-state index is 11.9. The van der Waals surface area contributed by atoms with E-state index >= 15 is 0 Å². The number of ether oxygens (including phenoxy) is 1. The monoisotopic (exact) mass is 467 g/mol. The van der Waals surface area contributed by atoms with E-state index in [-0.39, 0.29) is 23.5 Å². The molecule has 0 atom stereocenters. The number of hydrogen-bond donors (Lipinski definition) is 1. The van der Waals surface area contributed by atoms with Gasteiger partial charge in [-0.1, -0.05) is 81.4 Å².